The van der Waals surface area contributed by atoms with Crippen LogP contribution in [0.5, 0.6) is 0 Å². The third-order valence-corrected chi connectivity index (χ3v) is 8.79. The highest BCUT2D eigenvalue weighted by Gasteiger charge is 2.56. The van der Waals surface area contributed by atoms with Gasteiger partial charge in [-0.25, -0.2) is 0 Å². The molecular weight excluding hydrogens is 477 g/mol. The molecule has 196 valence electrons. The molecule has 4 nitrogen and oxygen atoms in total. The lowest BCUT2D eigenvalue weighted by Crippen LogP contribution is -2.51. The topological polar surface area (TPSA) is 32.8 Å². The first kappa shape index (κ1) is 26.6. The lowest BCUT2D eigenvalue weighted by atomic mass is 9.44. The summed E-state index contributed by atoms with van der Waals surface area (Å²) in [5.41, 5.74) is 0.662. The predicted molar refractivity (Wildman–Crippen MR) is 133 cm³/mol. The zero-order chi connectivity index (χ0) is 24.0. The fourth-order valence-corrected chi connectivity index (χ4v) is 8.08. The molecule has 0 spiro atoms. The van der Waals surface area contributed by atoms with Crippen LogP contribution in [0, 0.1) is 22.7 Å². The smallest absolute Gasteiger partial charge is 0.416 e. The predicted octanol–water partition coefficient (Wildman–Crippen LogP) is 6.18. The molecule has 4 aliphatic carbocycles. The number of hydrogen-bond acceptors (Lipinski definition) is 4. The van der Waals surface area contributed by atoms with Gasteiger partial charge in [0.2, 0.25) is 0 Å². The summed E-state index contributed by atoms with van der Waals surface area (Å²) in [6, 6.07) is 5.57. The number of carbonyl (C=O) groups excluding carboxylic acids is 1. The van der Waals surface area contributed by atoms with Crippen molar-refractivity contribution in [2.75, 3.05) is 44.2 Å². The molecule has 1 aromatic rings. The van der Waals surface area contributed by atoms with E-state index < -0.39 is 11.7 Å². The summed E-state index contributed by atoms with van der Waals surface area (Å²) < 4.78 is 44.6. The maximum absolute atomic E-state index is 13.0. The van der Waals surface area contributed by atoms with Gasteiger partial charge in [0.25, 0.3) is 0 Å². The molecule has 1 heterocycles. The van der Waals surface area contributed by atoms with Gasteiger partial charge in [-0.3, -0.25) is 9.69 Å². The number of carbonyl (C=O) groups is 1. The Kier molecular flexibility index (Phi) is 7.69. The average Bonchev–Trinajstić information content (AvgIpc) is 2.74. The van der Waals surface area contributed by atoms with E-state index in [-0.39, 0.29) is 23.8 Å². The molecular formula is C27H38ClF3N2O2. The first-order chi connectivity index (χ1) is 16.1. The number of anilines is 1. The Bertz CT molecular complexity index is 887. The summed E-state index contributed by atoms with van der Waals surface area (Å²) in [6.45, 7) is 6.72. The maximum Gasteiger partial charge on any atom is 0.416 e. The number of ether oxygens (including phenoxy) is 1. The molecule has 35 heavy (non-hydrogen) atoms. The van der Waals surface area contributed by atoms with Crippen molar-refractivity contribution in [1.82, 2.24) is 4.90 Å². The Morgan fingerprint density at radius 3 is 2.40 bits per heavy atom. The fourth-order valence-electron chi connectivity index (χ4n) is 8.08. The molecule has 8 heteroatoms. The highest BCUT2D eigenvalue weighted by Crippen LogP contribution is 2.66. The van der Waals surface area contributed by atoms with E-state index in [0.29, 0.717) is 37.2 Å². The van der Waals surface area contributed by atoms with E-state index in [2.05, 4.69) is 11.8 Å². The molecule has 1 saturated heterocycles. The molecule has 0 aromatic heterocycles. The largest absolute Gasteiger partial charge is 0.466 e. The second kappa shape index (κ2) is 10.1. The molecule has 2 unspecified atom stereocenters. The minimum absolute atomic E-state index is 0. The maximum atomic E-state index is 13.0. The van der Waals surface area contributed by atoms with E-state index in [1.165, 1.54) is 50.7 Å². The van der Waals surface area contributed by atoms with Gasteiger partial charge in [0.15, 0.2) is 0 Å². The second-order valence-electron chi connectivity index (χ2n) is 11.9. The molecule has 0 radical (unpaired) electrons. The normalized spacial score (nSPS) is 32.4. The van der Waals surface area contributed by atoms with Crippen molar-refractivity contribution in [2.45, 2.75) is 64.5 Å². The SMILES string of the molecule is CC12C[C@H]3C[C@@H](C1)CC(CC(=O)OCCCN1CCN(c4cccc(C(F)(F)F)c4)CC1)(C3)C2.Cl. The molecule has 5 fully saturated rings. The van der Waals surface area contributed by atoms with Crippen molar-refractivity contribution in [1.29, 1.82) is 0 Å². The molecule has 4 bridgehead atoms. The lowest BCUT2D eigenvalue weighted by Gasteiger charge is -2.61. The molecule has 0 N–H and O–H groups in total. The minimum atomic E-state index is -4.32. The lowest BCUT2D eigenvalue weighted by molar-refractivity contribution is -0.156. The quantitative estimate of drug-likeness (QED) is 0.321. The number of alkyl halides is 3. The van der Waals surface area contributed by atoms with Crippen molar-refractivity contribution in [3.8, 4) is 0 Å². The third kappa shape index (κ3) is 6.10. The molecule has 1 aliphatic heterocycles. The first-order valence-corrected chi connectivity index (χ1v) is 12.9. The summed E-state index contributed by atoms with van der Waals surface area (Å²) >= 11 is 0. The fraction of sp³-hybridized carbons (Fsp3) is 0.741. The molecule has 5 aliphatic rings. The van der Waals surface area contributed by atoms with Gasteiger partial charge < -0.3 is 9.64 Å². The van der Waals surface area contributed by atoms with Crippen molar-refractivity contribution in [2.24, 2.45) is 22.7 Å². The minimum Gasteiger partial charge on any atom is -0.466 e. The van der Waals surface area contributed by atoms with Crippen LogP contribution in [0.1, 0.15) is 63.9 Å². The van der Waals surface area contributed by atoms with Crippen LogP contribution < -0.4 is 4.90 Å². The highest BCUT2D eigenvalue weighted by molar-refractivity contribution is 5.85. The number of esters is 1. The molecule has 0 amide bonds. The van der Waals surface area contributed by atoms with Crippen LogP contribution in [0.4, 0.5) is 18.9 Å². The van der Waals surface area contributed by atoms with Crippen molar-refractivity contribution < 1.29 is 22.7 Å². The first-order valence-electron chi connectivity index (χ1n) is 12.9. The average molecular weight is 515 g/mol. The number of halogens is 4. The van der Waals surface area contributed by atoms with E-state index >= 15 is 0 Å². The van der Waals surface area contributed by atoms with Gasteiger partial charge in [0, 0.05) is 38.4 Å². The molecule has 6 rings (SSSR count). The van der Waals surface area contributed by atoms with Crippen LogP contribution in [-0.2, 0) is 15.7 Å². The summed E-state index contributed by atoms with van der Waals surface area (Å²) in [4.78, 5) is 17.0. The van der Waals surface area contributed by atoms with Crippen LogP contribution in [-0.4, -0.2) is 50.2 Å². The summed E-state index contributed by atoms with van der Waals surface area (Å²) in [5.74, 6) is 1.60. The van der Waals surface area contributed by atoms with Gasteiger partial charge in [0.1, 0.15) is 0 Å². The highest BCUT2D eigenvalue weighted by atomic mass is 35.5. The Hall–Kier alpha value is -1.47. The van der Waals surface area contributed by atoms with Gasteiger partial charge in [0.05, 0.1) is 18.6 Å². The van der Waals surface area contributed by atoms with Crippen molar-refractivity contribution in [3.05, 3.63) is 29.8 Å². The number of hydrogen-bond donors (Lipinski definition) is 0. The molecule has 4 saturated carbocycles. The van der Waals surface area contributed by atoms with Gasteiger partial charge >= 0.3 is 12.1 Å². The number of benzene rings is 1. The van der Waals surface area contributed by atoms with E-state index in [0.717, 1.165) is 44.0 Å². The van der Waals surface area contributed by atoms with E-state index in [1.54, 1.807) is 6.07 Å². The number of rotatable bonds is 7. The summed E-state index contributed by atoms with van der Waals surface area (Å²) in [6.07, 6.45) is 4.75. The Morgan fingerprint density at radius 1 is 1.09 bits per heavy atom. The van der Waals surface area contributed by atoms with Gasteiger partial charge in [-0.15, -0.1) is 12.4 Å². The van der Waals surface area contributed by atoms with Crippen LogP contribution in [0.3, 0.4) is 0 Å². The monoisotopic (exact) mass is 514 g/mol. The summed E-state index contributed by atoms with van der Waals surface area (Å²) in [5, 5.41) is 0. The van der Waals surface area contributed by atoms with Crippen LogP contribution in [0.25, 0.3) is 0 Å². The van der Waals surface area contributed by atoms with E-state index in [1.807, 2.05) is 4.90 Å². The summed E-state index contributed by atoms with van der Waals surface area (Å²) in [7, 11) is 0. The van der Waals surface area contributed by atoms with Crippen LogP contribution >= 0.6 is 12.4 Å². The number of piperazine rings is 1. The number of nitrogens with zero attached hydrogens (tertiary/aromatic N) is 2. The van der Waals surface area contributed by atoms with Gasteiger partial charge in [-0.05, 0) is 85.8 Å². The molecule has 4 atom stereocenters. The third-order valence-electron chi connectivity index (χ3n) is 8.79. The van der Waals surface area contributed by atoms with Crippen molar-refractivity contribution >= 4 is 24.1 Å². The Balaban J connectivity index is 0.00000289. The van der Waals surface area contributed by atoms with Crippen LogP contribution in [0.2, 0.25) is 0 Å². The van der Waals surface area contributed by atoms with Gasteiger partial charge in [-0.2, -0.15) is 13.2 Å². The van der Waals surface area contributed by atoms with Crippen LogP contribution in [0.15, 0.2) is 24.3 Å². The second-order valence-corrected chi connectivity index (χ2v) is 11.9. The Morgan fingerprint density at radius 2 is 1.77 bits per heavy atom. The zero-order valence-corrected chi connectivity index (χ0v) is 21.4. The van der Waals surface area contributed by atoms with E-state index in [4.69, 9.17) is 4.74 Å². The van der Waals surface area contributed by atoms with Crippen molar-refractivity contribution in [3.63, 3.8) is 0 Å². The van der Waals surface area contributed by atoms with Gasteiger partial charge in [-0.1, -0.05) is 13.0 Å². The zero-order valence-electron chi connectivity index (χ0n) is 20.6. The Labute approximate surface area is 213 Å². The van der Waals surface area contributed by atoms with E-state index in [9.17, 15) is 18.0 Å². The standard InChI is InChI=1S/C27H37F3N2O2.ClH/c1-25-14-20-12-21(15-25)17-26(16-20,19-25)18-24(33)34-11-3-6-31-7-9-32(10-8-31)23-5-2-4-22(13-23)27(28,29)30;/h2,4-5,13,20-21H,3,6-12,14-19H2,1H3;1H/t20-,21+,25?,26?;. The molecule has 1 aromatic carbocycles.